The van der Waals surface area contributed by atoms with Gasteiger partial charge in [0.2, 0.25) is 0 Å². The third-order valence-electron chi connectivity index (χ3n) is 8.79. The molecule has 1 fully saturated rings. The fraction of sp³-hybridized carbons (Fsp3) is 0.250. The van der Waals surface area contributed by atoms with Crippen LogP contribution >= 0.6 is 0 Å². The van der Waals surface area contributed by atoms with E-state index in [1.165, 1.54) is 40.7 Å². The van der Waals surface area contributed by atoms with E-state index in [-0.39, 0.29) is 29.1 Å². The topological polar surface area (TPSA) is 163 Å². The standard InChI is InChI=1S/C21H23N3O2.C19H15N3O3/c1-15-10-11-19(20(25)23-14-16-6-3-2-4-7-16)21(26)24(15)18-9-5-8-17(12-18)13-22;1-13-7-8-17(18(23)21-12-16-6-3-9-25-16)19(24)22(13)15-5-2-4-14(10-15)11-20/h5,8-12,16H,2-4,6-7,14H2,1H3,(H,23,25);2-10H,12H2,1H3,(H,21,23). The van der Waals surface area contributed by atoms with Crippen LogP contribution in [0.3, 0.4) is 0 Å². The van der Waals surface area contributed by atoms with Gasteiger partial charge in [0, 0.05) is 17.9 Å². The number of aryl methyl sites for hydroxylation is 2. The van der Waals surface area contributed by atoms with E-state index >= 15 is 0 Å². The molecule has 0 bridgehead atoms. The zero-order valence-corrected chi connectivity index (χ0v) is 28.5. The number of carbonyl (C=O) groups excluding carboxylic acids is 2. The Morgan fingerprint density at radius 3 is 1.75 bits per heavy atom. The highest BCUT2D eigenvalue weighted by atomic mass is 16.3. The Hall–Kier alpha value is -6.46. The molecular weight excluding hydrogens is 644 g/mol. The molecule has 6 rings (SSSR count). The zero-order chi connectivity index (χ0) is 36.3. The highest BCUT2D eigenvalue weighted by Crippen LogP contribution is 2.23. The summed E-state index contributed by atoms with van der Waals surface area (Å²) in [5, 5.41) is 23.7. The Balaban J connectivity index is 0.000000198. The number of furan rings is 1. The summed E-state index contributed by atoms with van der Waals surface area (Å²) in [7, 11) is 0. The molecule has 11 nitrogen and oxygen atoms in total. The molecule has 0 saturated heterocycles. The van der Waals surface area contributed by atoms with Crippen LogP contribution < -0.4 is 21.8 Å². The van der Waals surface area contributed by atoms with E-state index in [1.807, 2.05) is 13.0 Å². The molecule has 2 amide bonds. The Morgan fingerprint density at radius 1 is 0.725 bits per heavy atom. The molecule has 0 atom stereocenters. The predicted octanol–water partition coefficient (Wildman–Crippen LogP) is 5.87. The summed E-state index contributed by atoms with van der Waals surface area (Å²) >= 11 is 0. The van der Waals surface area contributed by atoms with Gasteiger partial charge in [-0.2, -0.15) is 10.5 Å². The number of hydrogen-bond donors (Lipinski definition) is 2. The van der Waals surface area contributed by atoms with Crippen molar-refractivity contribution in [2.24, 2.45) is 5.92 Å². The second-order valence-electron chi connectivity index (χ2n) is 12.4. The molecule has 1 aliphatic rings. The highest BCUT2D eigenvalue weighted by molar-refractivity contribution is 5.94. The summed E-state index contributed by atoms with van der Waals surface area (Å²) in [6, 6.07) is 27.6. The number of pyridine rings is 2. The molecule has 0 radical (unpaired) electrons. The van der Waals surface area contributed by atoms with E-state index in [9.17, 15) is 19.2 Å². The van der Waals surface area contributed by atoms with E-state index in [1.54, 1.807) is 85.8 Å². The van der Waals surface area contributed by atoms with Gasteiger partial charge < -0.3 is 15.1 Å². The summed E-state index contributed by atoms with van der Waals surface area (Å²) in [6.07, 6.45) is 7.50. The number of rotatable bonds is 8. The first kappa shape index (κ1) is 35.8. The van der Waals surface area contributed by atoms with E-state index < -0.39 is 11.5 Å². The monoisotopic (exact) mass is 682 g/mol. The van der Waals surface area contributed by atoms with Crippen molar-refractivity contribution < 1.29 is 14.0 Å². The molecule has 258 valence electrons. The van der Waals surface area contributed by atoms with E-state index in [4.69, 9.17) is 14.9 Å². The van der Waals surface area contributed by atoms with Crippen molar-refractivity contribution in [2.75, 3.05) is 6.54 Å². The number of nitriles is 2. The average Bonchev–Trinajstić information content (AvgIpc) is 3.68. The molecule has 0 spiro atoms. The Morgan fingerprint density at radius 2 is 1.25 bits per heavy atom. The quantitative estimate of drug-likeness (QED) is 0.207. The Bertz CT molecular complexity index is 2230. The van der Waals surface area contributed by atoms with Crippen molar-refractivity contribution in [3.8, 4) is 23.5 Å². The first-order valence-electron chi connectivity index (χ1n) is 16.8. The lowest BCUT2D eigenvalue weighted by molar-refractivity contribution is 0.0935. The third-order valence-corrected chi connectivity index (χ3v) is 8.79. The minimum atomic E-state index is -0.480. The smallest absolute Gasteiger partial charge is 0.268 e. The van der Waals surface area contributed by atoms with Gasteiger partial charge in [0.25, 0.3) is 22.9 Å². The van der Waals surface area contributed by atoms with Crippen LogP contribution in [0.2, 0.25) is 0 Å². The molecule has 1 aliphatic carbocycles. The number of nitrogens with one attached hydrogen (secondary N) is 2. The van der Waals surface area contributed by atoms with Crippen LogP contribution in [0.25, 0.3) is 11.4 Å². The van der Waals surface area contributed by atoms with Gasteiger partial charge in [0.05, 0.1) is 47.4 Å². The summed E-state index contributed by atoms with van der Waals surface area (Å²) in [5.74, 6) is 0.299. The molecule has 3 heterocycles. The second kappa shape index (κ2) is 16.8. The van der Waals surface area contributed by atoms with E-state index in [2.05, 4.69) is 16.7 Å². The molecule has 1 saturated carbocycles. The largest absolute Gasteiger partial charge is 0.467 e. The van der Waals surface area contributed by atoms with Crippen LogP contribution in [0, 0.1) is 42.4 Å². The Kier molecular flexibility index (Phi) is 11.8. The second-order valence-corrected chi connectivity index (χ2v) is 12.4. The lowest BCUT2D eigenvalue weighted by Gasteiger charge is -2.21. The number of hydrogen-bond acceptors (Lipinski definition) is 7. The number of amides is 2. The first-order valence-corrected chi connectivity index (χ1v) is 16.8. The molecule has 5 aromatic rings. The van der Waals surface area contributed by atoms with Gasteiger partial charge in [0.15, 0.2) is 0 Å². The maximum absolute atomic E-state index is 12.9. The molecule has 11 heteroatoms. The molecule has 51 heavy (non-hydrogen) atoms. The van der Waals surface area contributed by atoms with Gasteiger partial charge in [0.1, 0.15) is 16.9 Å². The maximum Gasteiger partial charge on any atom is 0.268 e. The van der Waals surface area contributed by atoms with Gasteiger partial charge >= 0.3 is 0 Å². The van der Waals surface area contributed by atoms with Crippen LogP contribution in [0.4, 0.5) is 0 Å². The lowest BCUT2D eigenvalue weighted by atomic mass is 9.89. The molecule has 2 N–H and O–H groups in total. The molecule has 0 aliphatic heterocycles. The summed E-state index contributed by atoms with van der Waals surface area (Å²) in [6.45, 7) is 4.40. The number of aromatic nitrogens is 2. The van der Waals surface area contributed by atoms with Gasteiger partial charge in [-0.15, -0.1) is 0 Å². The Labute approximate surface area is 295 Å². The van der Waals surface area contributed by atoms with Crippen LogP contribution in [-0.2, 0) is 6.54 Å². The fourth-order valence-electron chi connectivity index (χ4n) is 6.08. The minimum absolute atomic E-state index is 0.0273. The third kappa shape index (κ3) is 8.77. The summed E-state index contributed by atoms with van der Waals surface area (Å²) < 4.78 is 8.06. The minimum Gasteiger partial charge on any atom is -0.467 e. The van der Waals surface area contributed by atoms with Crippen molar-refractivity contribution in [1.82, 2.24) is 19.8 Å². The number of benzene rings is 2. The van der Waals surface area contributed by atoms with Crippen molar-refractivity contribution in [3.05, 3.63) is 151 Å². The van der Waals surface area contributed by atoms with E-state index in [0.29, 0.717) is 52.1 Å². The van der Waals surface area contributed by atoms with Crippen LogP contribution in [0.15, 0.2) is 105 Å². The zero-order valence-electron chi connectivity index (χ0n) is 28.5. The molecule has 3 aromatic heterocycles. The lowest BCUT2D eigenvalue weighted by Crippen LogP contribution is -2.36. The predicted molar refractivity (Wildman–Crippen MR) is 192 cm³/mol. The van der Waals surface area contributed by atoms with Gasteiger partial charge in [-0.1, -0.05) is 31.4 Å². The first-order chi connectivity index (χ1) is 24.7. The van der Waals surface area contributed by atoms with Gasteiger partial charge in [-0.3, -0.25) is 28.3 Å². The number of nitrogens with zero attached hydrogens (tertiary/aromatic N) is 4. The van der Waals surface area contributed by atoms with Crippen LogP contribution in [-0.4, -0.2) is 27.5 Å². The molecule has 0 unspecified atom stereocenters. The van der Waals surface area contributed by atoms with Crippen molar-refractivity contribution in [1.29, 1.82) is 10.5 Å². The normalized spacial score (nSPS) is 12.5. The molecule has 2 aromatic carbocycles. The average molecular weight is 683 g/mol. The summed E-state index contributed by atoms with van der Waals surface area (Å²) in [5.41, 5.74) is 2.80. The van der Waals surface area contributed by atoms with E-state index in [0.717, 1.165) is 12.8 Å². The van der Waals surface area contributed by atoms with Crippen LogP contribution in [0.1, 0.15) is 81.1 Å². The van der Waals surface area contributed by atoms with Crippen LogP contribution in [0.5, 0.6) is 0 Å². The fourth-order valence-corrected chi connectivity index (χ4v) is 6.08. The van der Waals surface area contributed by atoms with Crippen molar-refractivity contribution in [2.45, 2.75) is 52.5 Å². The summed E-state index contributed by atoms with van der Waals surface area (Å²) in [4.78, 5) is 50.6. The van der Waals surface area contributed by atoms with Crippen molar-refractivity contribution >= 4 is 11.8 Å². The highest BCUT2D eigenvalue weighted by Gasteiger charge is 2.19. The molecular formula is C40H38N6O5. The van der Waals surface area contributed by atoms with Gasteiger partial charge in [-0.25, -0.2) is 0 Å². The SMILES string of the molecule is Cc1ccc(C(=O)NCC2CCCCC2)c(=O)n1-c1cccc(C#N)c1.Cc1ccc(C(=O)NCc2ccco2)c(=O)n1-c1cccc(C#N)c1. The van der Waals surface area contributed by atoms with Crippen molar-refractivity contribution in [3.63, 3.8) is 0 Å². The number of carbonyl (C=O) groups is 2. The van der Waals surface area contributed by atoms with Gasteiger partial charge in [-0.05, 0) is 105 Å². The maximum atomic E-state index is 12.9.